The third-order valence-corrected chi connectivity index (χ3v) is 3.89. The molecule has 0 bridgehead atoms. The molecule has 0 fully saturated rings. The van der Waals surface area contributed by atoms with Crippen LogP contribution in [0.4, 0.5) is 0 Å². The third-order valence-electron chi connectivity index (χ3n) is 3.51. The van der Waals surface area contributed by atoms with Crippen molar-refractivity contribution in [1.82, 2.24) is 29.7 Å². The molecule has 8 heteroatoms. The summed E-state index contributed by atoms with van der Waals surface area (Å²) in [6.07, 6.45) is 1.72. The van der Waals surface area contributed by atoms with Crippen molar-refractivity contribution < 1.29 is 4.52 Å². The van der Waals surface area contributed by atoms with Crippen LogP contribution in [0.15, 0.2) is 35.0 Å². The first kappa shape index (κ1) is 13.0. The van der Waals surface area contributed by atoms with Crippen LogP contribution in [-0.2, 0) is 14.1 Å². The molecule has 0 aliphatic heterocycles. The van der Waals surface area contributed by atoms with Gasteiger partial charge in [-0.05, 0) is 6.07 Å². The van der Waals surface area contributed by atoms with Crippen LogP contribution in [0.5, 0.6) is 0 Å². The Morgan fingerprint density at radius 2 is 2.00 bits per heavy atom. The molecule has 0 unspecified atom stereocenters. The quantitative estimate of drug-likeness (QED) is 0.568. The van der Waals surface area contributed by atoms with Crippen LogP contribution in [0.1, 0.15) is 0 Å². The Morgan fingerprint density at radius 3 is 2.73 bits per heavy atom. The molecule has 0 saturated carbocycles. The van der Waals surface area contributed by atoms with Crippen LogP contribution < -0.4 is 0 Å². The van der Waals surface area contributed by atoms with Crippen LogP contribution in [0.25, 0.3) is 34.0 Å². The van der Waals surface area contributed by atoms with Gasteiger partial charge in [0, 0.05) is 25.0 Å². The lowest BCUT2D eigenvalue weighted by Crippen LogP contribution is -1.91. The Labute approximate surface area is 130 Å². The highest BCUT2D eigenvalue weighted by molar-refractivity contribution is 6.38. The fourth-order valence-corrected chi connectivity index (χ4v) is 2.83. The van der Waals surface area contributed by atoms with Crippen molar-refractivity contribution >= 4 is 22.5 Å². The van der Waals surface area contributed by atoms with Gasteiger partial charge in [0.2, 0.25) is 5.82 Å². The second-order valence-corrected chi connectivity index (χ2v) is 5.32. The predicted molar refractivity (Wildman–Crippen MR) is 81.2 cm³/mol. The minimum atomic E-state index is 0.351. The molecule has 0 saturated heterocycles. The van der Waals surface area contributed by atoms with Crippen molar-refractivity contribution in [3.8, 4) is 23.1 Å². The molecule has 0 atom stereocenters. The van der Waals surface area contributed by atoms with Crippen LogP contribution in [0.2, 0.25) is 5.02 Å². The van der Waals surface area contributed by atoms with Gasteiger partial charge >= 0.3 is 0 Å². The molecule has 3 aromatic heterocycles. The summed E-state index contributed by atoms with van der Waals surface area (Å²) in [5.41, 5.74) is 2.24. The van der Waals surface area contributed by atoms with Crippen molar-refractivity contribution in [1.29, 1.82) is 0 Å². The van der Waals surface area contributed by atoms with Crippen molar-refractivity contribution in [2.75, 3.05) is 0 Å². The van der Waals surface area contributed by atoms with E-state index in [0.717, 1.165) is 10.9 Å². The Morgan fingerprint density at radius 1 is 1.18 bits per heavy atom. The van der Waals surface area contributed by atoms with Gasteiger partial charge in [-0.1, -0.05) is 40.2 Å². The maximum atomic E-state index is 6.48. The summed E-state index contributed by atoms with van der Waals surface area (Å²) < 4.78 is 8.88. The van der Waals surface area contributed by atoms with Gasteiger partial charge in [0.05, 0.1) is 11.2 Å². The lowest BCUT2D eigenvalue weighted by molar-refractivity contribution is 0.429. The van der Waals surface area contributed by atoms with E-state index in [9.17, 15) is 0 Å². The van der Waals surface area contributed by atoms with Gasteiger partial charge < -0.3 is 9.09 Å². The van der Waals surface area contributed by atoms with Crippen LogP contribution in [-0.4, -0.2) is 29.7 Å². The summed E-state index contributed by atoms with van der Waals surface area (Å²) in [7, 11) is 3.69. The Hall–Kier alpha value is -2.67. The summed E-state index contributed by atoms with van der Waals surface area (Å²) in [4.78, 5) is 4.38. The summed E-state index contributed by atoms with van der Waals surface area (Å²) >= 11 is 6.48. The summed E-state index contributed by atoms with van der Waals surface area (Å²) in [5, 5.41) is 13.3. The molecule has 0 aliphatic rings. The molecule has 7 nitrogen and oxygen atoms in total. The average molecular weight is 315 g/mol. The van der Waals surface area contributed by atoms with Gasteiger partial charge in [-0.25, -0.2) is 0 Å². The van der Waals surface area contributed by atoms with Crippen LogP contribution in [0, 0.1) is 0 Å². The number of benzene rings is 1. The van der Waals surface area contributed by atoms with Crippen molar-refractivity contribution in [3.63, 3.8) is 0 Å². The first-order chi connectivity index (χ1) is 10.6. The second-order valence-electron chi connectivity index (χ2n) is 4.94. The number of nitrogens with zero attached hydrogens (tertiary/aromatic N) is 6. The molecule has 0 radical (unpaired) electrons. The van der Waals surface area contributed by atoms with E-state index in [1.165, 1.54) is 0 Å². The molecule has 3 heterocycles. The van der Waals surface area contributed by atoms with E-state index in [4.69, 9.17) is 16.1 Å². The zero-order valence-electron chi connectivity index (χ0n) is 11.9. The maximum absolute atomic E-state index is 6.48. The zero-order valence-corrected chi connectivity index (χ0v) is 12.6. The highest BCUT2D eigenvalue weighted by Crippen LogP contribution is 2.36. The minimum absolute atomic E-state index is 0.351. The third kappa shape index (κ3) is 1.82. The lowest BCUT2D eigenvalue weighted by atomic mass is 10.2. The van der Waals surface area contributed by atoms with E-state index < -0.39 is 0 Å². The first-order valence-electron chi connectivity index (χ1n) is 6.59. The standard InChI is InChI=1S/C14H11ClN6O/c1-20-7-9(17-19-20)13-16-14(22-18-13)12-11(15)8-5-3-4-6-10(8)21(12)2/h3-7H,1-2H3. The van der Waals surface area contributed by atoms with E-state index in [2.05, 4.69) is 20.5 Å². The smallest absolute Gasteiger partial charge is 0.276 e. The van der Waals surface area contributed by atoms with Gasteiger partial charge in [0.15, 0.2) is 5.69 Å². The van der Waals surface area contributed by atoms with E-state index in [1.54, 1.807) is 17.9 Å². The monoisotopic (exact) mass is 314 g/mol. The highest BCUT2D eigenvalue weighted by atomic mass is 35.5. The number of rotatable bonds is 2. The lowest BCUT2D eigenvalue weighted by Gasteiger charge is -1.98. The van der Waals surface area contributed by atoms with E-state index in [-0.39, 0.29) is 0 Å². The summed E-state index contributed by atoms with van der Waals surface area (Å²) in [5.74, 6) is 0.730. The summed E-state index contributed by atoms with van der Waals surface area (Å²) in [6, 6.07) is 7.85. The number of para-hydroxylation sites is 1. The second kappa shape index (κ2) is 4.67. The van der Waals surface area contributed by atoms with E-state index in [1.807, 2.05) is 35.9 Å². The fraction of sp³-hybridized carbons (Fsp3) is 0.143. The Balaban J connectivity index is 1.88. The highest BCUT2D eigenvalue weighted by Gasteiger charge is 2.21. The van der Waals surface area contributed by atoms with Gasteiger partial charge in [0.1, 0.15) is 5.69 Å². The molecule has 0 aliphatic carbocycles. The molecule has 1 aromatic carbocycles. The number of hydrogen-bond acceptors (Lipinski definition) is 5. The number of hydrogen-bond donors (Lipinski definition) is 0. The number of halogens is 1. The molecule has 22 heavy (non-hydrogen) atoms. The number of aryl methyl sites for hydroxylation is 2. The minimum Gasteiger partial charge on any atom is -0.338 e. The van der Waals surface area contributed by atoms with Crippen molar-refractivity contribution in [3.05, 3.63) is 35.5 Å². The Kier molecular flexibility index (Phi) is 2.77. The van der Waals surface area contributed by atoms with Gasteiger partial charge in [0.25, 0.3) is 5.89 Å². The number of aromatic nitrogens is 6. The predicted octanol–water partition coefficient (Wildman–Crippen LogP) is 2.68. The van der Waals surface area contributed by atoms with Crippen molar-refractivity contribution in [2.45, 2.75) is 0 Å². The maximum Gasteiger partial charge on any atom is 0.276 e. The molecular formula is C14H11ClN6O. The van der Waals surface area contributed by atoms with Crippen molar-refractivity contribution in [2.24, 2.45) is 14.1 Å². The SMILES string of the molecule is Cn1cc(-c2noc(-c3c(Cl)c4ccccc4n3C)n2)nn1. The van der Waals surface area contributed by atoms with Gasteiger partial charge in [-0.3, -0.25) is 4.68 Å². The zero-order chi connectivity index (χ0) is 15.3. The summed E-state index contributed by atoms with van der Waals surface area (Å²) in [6.45, 7) is 0. The van der Waals surface area contributed by atoms with E-state index in [0.29, 0.717) is 28.1 Å². The normalized spacial score (nSPS) is 11.4. The Bertz CT molecular complexity index is 943. The topological polar surface area (TPSA) is 74.6 Å². The van der Waals surface area contributed by atoms with Crippen LogP contribution in [0.3, 0.4) is 0 Å². The van der Waals surface area contributed by atoms with Gasteiger partial charge in [-0.2, -0.15) is 4.98 Å². The molecule has 0 spiro atoms. The molecule has 4 aromatic rings. The molecular weight excluding hydrogens is 304 g/mol. The molecule has 110 valence electrons. The largest absolute Gasteiger partial charge is 0.338 e. The fourth-order valence-electron chi connectivity index (χ4n) is 2.46. The average Bonchev–Trinajstić information content (AvgIpc) is 3.20. The van der Waals surface area contributed by atoms with Gasteiger partial charge in [-0.15, -0.1) is 5.10 Å². The van der Waals surface area contributed by atoms with E-state index >= 15 is 0 Å². The number of fused-ring (bicyclic) bond motifs is 1. The molecule has 4 rings (SSSR count). The molecule has 0 amide bonds. The first-order valence-corrected chi connectivity index (χ1v) is 6.96. The molecule has 0 N–H and O–H groups in total. The van der Waals surface area contributed by atoms with Crippen LogP contribution >= 0.6 is 11.6 Å².